The molecule has 104 valence electrons. The summed E-state index contributed by atoms with van der Waals surface area (Å²) >= 11 is 0. The fourth-order valence-corrected chi connectivity index (χ4v) is 4.81. The second-order valence-electron chi connectivity index (χ2n) is 7.64. The van der Waals surface area contributed by atoms with E-state index in [9.17, 15) is 10.2 Å². The number of rotatable bonds is 1. The van der Waals surface area contributed by atoms with E-state index in [0.717, 1.165) is 32.1 Å². The van der Waals surface area contributed by atoms with E-state index < -0.39 is 5.60 Å². The average Bonchev–Trinajstić information content (AvgIpc) is 2.39. The molecule has 0 aromatic carbocycles. The van der Waals surface area contributed by atoms with Gasteiger partial charge in [0, 0.05) is 0 Å². The molecule has 0 aromatic rings. The summed E-state index contributed by atoms with van der Waals surface area (Å²) in [5.74, 6) is 1.11. The Labute approximate surface area is 110 Å². The molecule has 0 spiro atoms. The molecule has 5 atom stereocenters. The zero-order chi connectivity index (χ0) is 13.2. The molecule has 3 heteroatoms. The highest BCUT2D eigenvalue weighted by atomic mass is 16.5. The van der Waals surface area contributed by atoms with Gasteiger partial charge in [0.2, 0.25) is 0 Å². The molecule has 3 aliphatic rings. The van der Waals surface area contributed by atoms with Gasteiger partial charge in [0.15, 0.2) is 0 Å². The largest absolute Gasteiger partial charge is 0.393 e. The van der Waals surface area contributed by atoms with Crippen LogP contribution in [0.4, 0.5) is 0 Å². The van der Waals surface area contributed by atoms with Gasteiger partial charge in [-0.2, -0.15) is 0 Å². The van der Waals surface area contributed by atoms with Gasteiger partial charge in [0.05, 0.1) is 23.9 Å². The van der Waals surface area contributed by atoms with E-state index in [-0.39, 0.29) is 18.3 Å². The predicted molar refractivity (Wildman–Crippen MR) is 69.2 cm³/mol. The Kier molecular flexibility index (Phi) is 2.66. The topological polar surface area (TPSA) is 49.7 Å². The molecular weight excluding hydrogens is 228 g/mol. The highest BCUT2D eigenvalue weighted by Crippen LogP contribution is 2.62. The molecule has 2 saturated heterocycles. The zero-order valence-corrected chi connectivity index (χ0v) is 11.8. The second-order valence-corrected chi connectivity index (χ2v) is 7.64. The third-order valence-electron chi connectivity index (χ3n) is 6.11. The third-order valence-corrected chi connectivity index (χ3v) is 6.11. The summed E-state index contributed by atoms with van der Waals surface area (Å²) in [6, 6.07) is 0. The van der Waals surface area contributed by atoms with Crippen LogP contribution in [-0.2, 0) is 4.74 Å². The molecule has 0 aromatic heterocycles. The van der Waals surface area contributed by atoms with Crippen molar-refractivity contribution >= 4 is 0 Å². The van der Waals surface area contributed by atoms with Gasteiger partial charge in [0.1, 0.15) is 0 Å². The molecule has 0 amide bonds. The monoisotopic (exact) mass is 254 g/mol. The minimum absolute atomic E-state index is 0.104. The Morgan fingerprint density at radius 3 is 2.44 bits per heavy atom. The smallest absolute Gasteiger partial charge is 0.0952 e. The van der Waals surface area contributed by atoms with Gasteiger partial charge < -0.3 is 14.9 Å². The van der Waals surface area contributed by atoms with Crippen molar-refractivity contribution in [3.8, 4) is 0 Å². The Balaban J connectivity index is 1.96. The van der Waals surface area contributed by atoms with Crippen molar-refractivity contribution in [2.24, 2.45) is 17.3 Å². The molecule has 3 fully saturated rings. The summed E-state index contributed by atoms with van der Waals surface area (Å²) < 4.78 is 6.31. The fourth-order valence-electron chi connectivity index (χ4n) is 4.81. The van der Waals surface area contributed by atoms with Gasteiger partial charge in [0.25, 0.3) is 0 Å². The molecule has 2 bridgehead atoms. The molecule has 2 aliphatic heterocycles. The number of fused-ring (bicyclic) bond motifs is 4. The van der Waals surface area contributed by atoms with E-state index in [0.29, 0.717) is 17.3 Å². The lowest BCUT2D eigenvalue weighted by atomic mass is 9.50. The van der Waals surface area contributed by atoms with Crippen LogP contribution in [0.1, 0.15) is 52.9 Å². The van der Waals surface area contributed by atoms with E-state index in [1.54, 1.807) is 0 Å². The highest BCUT2D eigenvalue weighted by Gasteiger charge is 2.62. The molecule has 0 radical (unpaired) electrons. The third kappa shape index (κ3) is 1.53. The van der Waals surface area contributed by atoms with Gasteiger partial charge >= 0.3 is 0 Å². The first-order chi connectivity index (χ1) is 8.33. The first-order valence-corrected chi connectivity index (χ1v) is 7.32. The quantitative estimate of drug-likeness (QED) is 0.753. The lowest BCUT2D eigenvalue weighted by molar-refractivity contribution is -0.271. The standard InChI is InChI=1S/C15H26O3/c1-13(2)8-11-10(13)4-6-14(3)12(17)5-7-15(11,9-16)18-14/h10-12,16-17H,4-9H2,1-3H3/t10-,11+,12-,14+,15-/m1/s1. The molecule has 1 aliphatic carbocycles. The Hall–Kier alpha value is -0.120. The van der Waals surface area contributed by atoms with Crippen molar-refractivity contribution in [1.29, 1.82) is 0 Å². The van der Waals surface area contributed by atoms with Crippen molar-refractivity contribution in [3.63, 3.8) is 0 Å². The summed E-state index contributed by atoms with van der Waals surface area (Å²) in [6.07, 6.45) is 4.37. The van der Waals surface area contributed by atoms with Crippen LogP contribution in [0.2, 0.25) is 0 Å². The number of hydrogen-bond acceptors (Lipinski definition) is 3. The fraction of sp³-hybridized carbons (Fsp3) is 1.00. The maximum Gasteiger partial charge on any atom is 0.0952 e. The Morgan fingerprint density at radius 2 is 1.83 bits per heavy atom. The SMILES string of the molecule is CC1(C)C[C@H]2[C@H]1CC[C@]1(C)O[C@@]2(CO)CC[C@H]1O. The van der Waals surface area contributed by atoms with Crippen molar-refractivity contribution in [2.45, 2.75) is 70.2 Å². The van der Waals surface area contributed by atoms with Gasteiger partial charge in [-0.3, -0.25) is 0 Å². The van der Waals surface area contributed by atoms with Crippen molar-refractivity contribution in [2.75, 3.05) is 6.61 Å². The van der Waals surface area contributed by atoms with Crippen molar-refractivity contribution in [1.82, 2.24) is 0 Å². The molecule has 0 unspecified atom stereocenters. The van der Waals surface area contributed by atoms with Gasteiger partial charge in [-0.1, -0.05) is 13.8 Å². The molecule has 2 N–H and O–H groups in total. The van der Waals surface area contributed by atoms with E-state index in [1.165, 1.54) is 0 Å². The van der Waals surface area contributed by atoms with E-state index in [2.05, 4.69) is 13.8 Å². The first kappa shape index (κ1) is 12.9. The molecule has 18 heavy (non-hydrogen) atoms. The average molecular weight is 254 g/mol. The Morgan fingerprint density at radius 1 is 1.11 bits per heavy atom. The normalized spacial score (nSPS) is 54.2. The van der Waals surface area contributed by atoms with Crippen LogP contribution in [0.3, 0.4) is 0 Å². The maximum absolute atomic E-state index is 10.2. The number of aliphatic hydroxyl groups is 2. The summed E-state index contributed by atoms with van der Waals surface area (Å²) in [5.41, 5.74) is -0.464. The summed E-state index contributed by atoms with van der Waals surface area (Å²) in [4.78, 5) is 0. The van der Waals surface area contributed by atoms with Crippen LogP contribution in [0.25, 0.3) is 0 Å². The minimum atomic E-state index is -0.450. The number of aliphatic hydroxyl groups excluding tert-OH is 2. The molecule has 2 heterocycles. The Bertz CT molecular complexity index is 354. The predicted octanol–water partition coefficient (Wildman–Crippen LogP) is 2.10. The lowest BCUT2D eigenvalue weighted by Crippen LogP contribution is -2.62. The van der Waals surface area contributed by atoms with E-state index in [1.807, 2.05) is 6.92 Å². The molecule has 1 saturated carbocycles. The van der Waals surface area contributed by atoms with Crippen LogP contribution < -0.4 is 0 Å². The van der Waals surface area contributed by atoms with Crippen LogP contribution >= 0.6 is 0 Å². The van der Waals surface area contributed by atoms with E-state index in [4.69, 9.17) is 4.74 Å². The molecular formula is C15H26O3. The van der Waals surface area contributed by atoms with Gasteiger partial charge in [-0.05, 0) is 56.3 Å². The number of ether oxygens (including phenoxy) is 1. The first-order valence-electron chi connectivity index (χ1n) is 7.32. The highest BCUT2D eigenvalue weighted by molar-refractivity contribution is 5.11. The number of hydrogen-bond donors (Lipinski definition) is 2. The van der Waals surface area contributed by atoms with Crippen LogP contribution in [-0.4, -0.2) is 34.1 Å². The minimum Gasteiger partial charge on any atom is -0.393 e. The zero-order valence-electron chi connectivity index (χ0n) is 11.8. The van der Waals surface area contributed by atoms with Crippen LogP contribution in [0, 0.1) is 17.3 Å². The second kappa shape index (κ2) is 3.71. The van der Waals surface area contributed by atoms with E-state index >= 15 is 0 Å². The molecule has 3 rings (SSSR count). The molecule has 3 nitrogen and oxygen atoms in total. The maximum atomic E-state index is 10.2. The lowest BCUT2D eigenvalue weighted by Gasteiger charge is -2.59. The van der Waals surface area contributed by atoms with Crippen molar-refractivity contribution < 1.29 is 14.9 Å². The van der Waals surface area contributed by atoms with Crippen LogP contribution in [0.5, 0.6) is 0 Å². The van der Waals surface area contributed by atoms with Gasteiger partial charge in [-0.15, -0.1) is 0 Å². The summed E-state index contributed by atoms with van der Waals surface area (Å²) in [7, 11) is 0. The van der Waals surface area contributed by atoms with Gasteiger partial charge in [-0.25, -0.2) is 0 Å². The summed E-state index contributed by atoms with van der Waals surface area (Å²) in [6.45, 7) is 6.78. The van der Waals surface area contributed by atoms with Crippen LogP contribution in [0.15, 0.2) is 0 Å². The summed E-state index contributed by atoms with van der Waals surface area (Å²) in [5, 5.41) is 20.1. The van der Waals surface area contributed by atoms with Crippen molar-refractivity contribution in [3.05, 3.63) is 0 Å².